The molecule has 116 valence electrons. The average Bonchev–Trinajstić information content (AvgIpc) is 2.57. The molecule has 1 saturated carbocycles. The van der Waals surface area contributed by atoms with Gasteiger partial charge in [-0.25, -0.2) is 0 Å². The van der Waals surface area contributed by atoms with E-state index in [2.05, 4.69) is 41.8 Å². The van der Waals surface area contributed by atoms with Gasteiger partial charge >= 0.3 is 0 Å². The van der Waals surface area contributed by atoms with Gasteiger partial charge in [0.1, 0.15) is 0 Å². The summed E-state index contributed by atoms with van der Waals surface area (Å²) >= 11 is 0. The third kappa shape index (κ3) is 5.84. The predicted octanol–water partition coefficient (Wildman–Crippen LogP) is 4.57. The lowest BCUT2D eigenvalue weighted by molar-refractivity contribution is 0.186. The van der Waals surface area contributed by atoms with Crippen molar-refractivity contribution in [2.24, 2.45) is 11.8 Å². The van der Waals surface area contributed by atoms with Crippen LogP contribution in [0.25, 0.3) is 0 Å². The third-order valence-electron chi connectivity index (χ3n) is 4.09. The Morgan fingerprint density at radius 1 is 1.10 bits per heavy atom. The van der Waals surface area contributed by atoms with Gasteiger partial charge < -0.3 is 5.32 Å². The van der Waals surface area contributed by atoms with E-state index < -0.39 is 0 Å². The molecule has 1 N–H and O–H groups in total. The van der Waals surface area contributed by atoms with E-state index in [9.17, 15) is 0 Å². The van der Waals surface area contributed by atoms with Crippen LogP contribution in [0.1, 0.15) is 44.6 Å². The SMILES string of the molecule is C=CC=C.CC.c1cncc(C2CC3CNCC(C3)C2)c1. The van der Waals surface area contributed by atoms with Crippen LogP contribution in [-0.2, 0) is 0 Å². The predicted molar refractivity (Wildman–Crippen MR) is 92.4 cm³/mol. The van der Waals surface area contributed by atoms with E-state index in [4.69, 9.17) is 0 Å². The zero-order valence-electron chi connectivity index (χ0n) is 13.6. The smallest absolute Gasteiger partial charge is 0.0302 e. The summed E-state index contributed by atoms with van der Waals surface area (Å²) in [6.07, 6.45) is 11.4. The highest BCUT2D eigenvalue weighted by Crippen LogP contribution is 2.40. The molecule has 2 unspecified atom stereocenters. The molecular formula is C19H30N2. The molecule has 2 atom stereocenters. The number of hydrogen-bond acceptors (Lipinski definition) is 2. The zero-order chi connectivity index (χ0) is 15.5. The van der Waals surface area contributed by atoms with Gasteiger partial charge in [-0.05, 0) is 61.7 Å². The summed E-state index contributed by atoms with van der Waals surface area (Å²) in [5, 5.41) is 3.54. The molecule has 1 saturated heterocycles. The molecule has 1 aliphatic heterocycles. The second-order valence-electron chi connectivity index (χ2n) is 5.55. The first kappa shape index (κ1) is 17.6. The number of fused-ring (bicyclic) bond motifs is 2. The fourth-order valence-corrected chi connectivity index (χ4v) is 3.28. The molecular weight excluding hydrogens is 256 g/mol. The molecule has 0 radical (unpaired) electrons. The van der Waals surface area contributed by atoms with E-state index in [0.29, 0.717) is 0 Å². The molecule has 0 spiro atoms. The number of rotatable bonds is 2. The molecule has 0 aromatic carbocycles. The topological polar surface area (TPSA) is 24.9 Å². The molecule has 21 heavy (non-hydrogen) atoms. The minimum Gasteiger partial charge on any atom is -0.316 e. The van der Waals surface area contributed by atoms with Gasteiger partial charge in [0.15, 0.2) is 0 Å². The number of piperidine rings is 1. The number of allylic oxidation sites excluding steroid dienone is 2. The second-order valence-corrected chi connectivity index (χ2v) is 5.55. The van der Waals surface area contributed by atoms with E-state index in [1.54, 1.807) is 12.2 Å². The van der Waals surface area contributed by atoms with Crippen LogP contribution in [0.5, 0.6) is 0 Å². The molecule has 2 bridgehead atoms. The highest BCUT2D eigenvalue weighted by Gasteiger charge is 2.32. The molecule has 1 aromatic heterocycles. The maximum Gasteiger partial charge on any atom is 0.0302 e. The summed E-state index contributed by atoms with van der Waals surface area (Å²) in [5.74, 6) is 2.58. The molecule has 2 aliphatic rings. The van der Waals surface area contributed by atoms with Gasteiger partial charge in [-0.2, -0.15) is 0 Å². The highest BCUT2D eigenvalue weighted by molar-refractivity contribution is 5.16. The standard InChI is InChI=1S/C13H18N2.C4H6.C2H6/c1-2-12(9-14-3-1)13-5-10-4-11(6-13)8-15-7-10;1-3-4-2;1-2/h1-3,9-11,13,15H,4-8H2;3-4H,1-2H2;1-2H3. The van der Waals surface area contributed by atoms with Gasteiger partial charge in [-0.1, -0.05) is 45.2 Å². The Morgan fingerprint density at radius 2 is 1.71 bits per heavy atom. The summed E-state index contributed by atoms with van der Waals surface area (Å²) in [6.45, 7) is 13.2. The lowest BCUT2D eigenvalue weighted by atomic mass is 9.71. The van der Waals surface area contributed by atoms with Crippen molar-refractivity contribution >= 4 is 0 Å². The van der Waals surface area contributed by atoms with Crippen LogP contribution in [0.4, 0.5) is 0 Å². The fraction of sp³-hybridized carbons (Fsp3) is 0.526. The first-order chi connectivity index (χ1) is 10.3. The first-order valence-electron chi connectivity index (χ1n) is 8.17. The van der Waals surface area contributed by atoms with Crippen molar-refractivity contribution in [3.05, 3.63) is 55.4 Å². The van der Waals surface area contributed by atoms with Gasteiger partial charge in [0, 0.05) is 12.4 Å². The van der Waals surface area contributed by atoms with Crippen LogP contribution in [0.15, 0.2) is 49.8 Å². The average molecular weight is 286 g/mol. The third-order valence-corrected chi connectivity index (χ3v) is 4.09. The van der Waals surface area contributed by atoms with Gasteiger partial charge in [0.05, 0.1) is 0 Å². The quantitative estimate of drug-likeness (QED) is 0.806. The van der Waals surface area contributed by atoms with Crippen LogP contribution in [0.3, 0.4) is 0 Å². The fourth-order valence-electron chi connectivity index (χ4n) is 3.28. The van der Waals surface area contributed by atoms with Gasteiger partial charge in [-0.15, -0.1) is 0 Å². The summed E-state index contributed by atoms with van der Waals surface area (Å²) in [6, 6.07) is 4.31. The van der Waals surface area contributed by atoms with Crippen LogP contribution >= 0.6 is 0 Å². The van der Waals surface area contributed by atoms with Crippen molar-refractivity contribution in [3.8, 4) is 0 Å². The molecule has 3 rings (SSSR count). The minimum absolute atomic E-state index is 0.768. The Bertz CT molecular complexity index is 381. The van der Waals surface area contributed by atoms with Crippen LogP contribution in [-0.4, -0.2) is 18.1 Å². The van der Waals surface area contributed by atoms with E-state index in [1.165, 1.54) is 37.9 Å². The number of nitrogens with zero attached hydrogens (tertiary/aromatic N) is 1. The van der Waals surface area contributed by atoms with E-state index in [0.717, 1.165) is 17.8 Å². The number of nitrogens with one attached hydrogen (secondary N) is 1. The lowest BCUT2D eigenvalue weighted by Gasteiger charge is -2.39. The number of pyridine rings is 1. The molecule has 2 fully saturated rings. The summed E-state index contributed by atoms with van der Waals surface area (Å²) < 4.78 is 0. The molecule has 1 aromatic rings. The maximum absolute atomic E-state index is 4.24. The lowest BCUT2D eigenvalue weighted by Crippen LogP contribution is -2.40. The summed E-state index contributed by atoms with van der Waals surface area (Å²) in [7, 11) is 0. The molecule has 2 heteroatoms. The Labute approximate surface area is 130 Å². The van der Waals surface area contributed by atoms with Crippen molar-refractivity contribution in [3.63, 3.8) is 0 Å². The highest BCUT2D eigenvalue weighted by atomic mass is 14.9. The number of hydrogen-bond donors (Lipinski definition) is 1. The first-order valence-corrected chi connectivity index (χ1v) is 8.17. The zero-order valence-corrected chi connectivity index (χ0v) is 13.6. The maximum atomic E-state index is 4.24. The monoisotopic (exact) mass is 286 g/mol. The Morgan fingerprint density at radius 3 is 2.19 bits per heavy atom. The Kier molecular flexibility index (Phi) is 8.68. The summed E-state index contributed by atoms with van der Waals surface area (Å²) in [5.41, 5.74) is 1.45. The van der Waals surface area contributed by atoms with E-state index in [1.807, 2.05) is 20.0 Å². The van der Waals surface area contributed by atoms with Crippen molar-refractivity contribution in [1.29, 1.82) is 0 Å². The summed E-state index contributed by atoms with van der Waals surface area (Å²) in [4.78, 5) is 4.24. The van der Waals surface area contributed by atoms with Gasteiger partial charge in [0.2, 0.25) is 0 Å². The molecule has 1 aliphatic carbocycles. The molecule has 0 amide bonds. The largest absolute Gasteiger partial charge is 0.316 e. The van der Waals surface area contributed by atoms with Crippen molar-refractivity contribution in [2.45, 2.75) is 39.0 Å². The van der Waals surface area contributed by atoms with E-state index >= 15 is 0 Å². The number of aromatic nitrogens is 1. The Hall–Kier alpha value is -1.41. The molecule has 2 nitrogen and oxygen atoms in total. The van der Waals surface area contributed by atoms with Crippen molar-refractivity contribution in [1.82, 2.24) is 10.3 Å². The minimum atomic E-state index is 0.768. The van der Waals surface area contributed by atoms with Crippen LogP contribution in [0.2, 0.25) is 0 Å². The van der Waals surface area contributed by atoms with Gasteiger partial charge in [0.25, 0.3) is 0 Å². The van der Waals surface area contributed by atoms with Crippen LogP contribution in [0, 0.1) is 11.8 Å². The molecule has 2 heterocycles. The van der Waals surface area contributed by atoms with E-state index in [-0.39, 0.29) is 0 Å². The normalized spacial score (nSPS) is 26.3. The Balaban J connectivity index is 0.000000322. The second kappa shape index (κ2) is 10.3. The van der Waals surface area contributed by atoms with Crippen molar-refractivity contribution < 1.29 is 0 Å². The van der Waals surface area contributed by atoms with Crippen molar-refractivity contribution in [2.75, 3.05) is 13.1 Å². The van der Waals surface area contributed by atoms with Crippen LogP contribution < -0.4 is 5.32 Å². The van der Waals surface area contributed by atoms with Gasteiger partial charge in [-0.3, -0.25) is 4.98 Å².